The highest BCUT2D eigenvalue weighted by Gasteiger charge is 2.32. The van der Waals surface area contributed by atoms with Gasteiger partial charge in [-0.1, -0.05) is 6.07 Å². The summed E-state index contributed by atoms with van der Waals surface area (Å²) in [5.41, 5.74) is 1.11. The third-order valence-electron chi connectivity index (χ3n) is 2.50. The van der Waals surface area contributed by atoms with Crippen LogP contribution in [0.3, 0.4) is 0 Å². The number of hydrogen-bond donors (Lipinski definition) is 1. The van der Waals surface area contributed by atoms with Crippen molar-refractivity contribution in [3.05, 3.63) is 28.5 Å². The van der Waals surface area contributed by atoms with Gasteiger partial charge in [0.05, 0.1) is 5.92 Å². The fourth-order valence-electron chi connectivity index (χ4n) is 1.61. The molecule has 0 radical (unpaired) electrons. The van der Waals surface area contributed by atoms with Crippen LogP contribution in [0.4, 0.5) is 0 Å². The third-order valence-corrected chi connectivity index (χ3v) is 2.97. The Balaban J connectivity index is 1.85. The molecule has 1 fully saturated rings. The van der Waals surface area contributed by atoms with E-state index in [9.17, 15) is 4.79 Å². The van der Waals surface area contributed by atoms with E-state index in [1.165, 1.54) is 0 Å². The molecule has 0 amide bonds. The zero-order valence-electron chi connectivity index (χ0n) is 8.06. The van der Waals surface area contributed by atoms with E-state index in [0.717, 1.165) is 16.7 Å². The van der Waals surface area contributed by atoms with Crippen LogP contribution in [0, 0.1) is 5.92 Å². The van der Waals surface area contributed by atoms with Crippen molar-refractivity contribution in [2.75, 3.05) is 13.1 Å². The number of carboxylic acids is 1. The number of halogens is 1. The van der Waals surface area contributed by atoms with Gasteiger partial charge >= 0.3 is 5.97 Å². The van der Waals surface area contributed by atoms with E-state index in [1.807, 2.05) is 12.1 Å². The molecule has 0 bridgehead atoms. The summed E-state index contributed by atoms with van der Waals surface area (Å²) in [7, 11) is 0. The predicted octanol–water partition coefficient (Wildman–Crippen LogP) is 1.36. The molecule has 80 valence electrons. The lowest BCUT2D eigenvalue weighted by atomic mass is 10.00. The summed E-state index contributed by atoms with van der Waals surface area (Å²) < 4.78 is 0.818. The molecular formula is C10H11BrN2O2. The summed E-state index contributed by atoms with van der Waals surface area (Å²) in [6, 6.07) is 3.88. The minimum atomic E-state index is -0.694. The van der Waals surface area contributed by atoms with Crippen LogP contribution >= 0.6 is 15.9 Å². The average molecular weight is 271 g/mol. The summed E-state index contributed by atoms with van der Waals surface area (Å²) in [4.78, 5) is 16.8. The maximum Gasteiger partial charge on any atom is 0.309 e. The fraction of sp³-hybridized carbons (Fsp3) is 0.400. The highest BCUT2D eigenvalue weighted by Crippen LogP contribution is 2.18. The third kappa shape index (κ3) is 2.54. The lowest BCUT2D eigenvalue weighted by Crippen LogP contribution is -2.49. The van der Waals surface area contributed by atoms with Crippen molar-refractivity contribution in [2.24, 2.45) is 5.92 Å². The monoisotopic (exact) mass is 270 g/mol. The van der Waals surface area contributed by atoms with Crippen molar-refractivity contribution in [3.63, 3.8) is 0 Å². The number of carboxylic acid groups (broad SMARTS) is 1. The molecule has 2 heterocycles. The van der Waals surface area contributed by atoms with Crippen LogP contribution in [0.15, 0.2) is 22.9 Å². The number of aromatic nitrogens is 1. The van der Waals surface area contributed by atoms with Gasteiger partial charge in [0.2, 0.25) is 0 Å². The quantitative estimate of drug-likeness (QED) is 0.843. The molecule has 2 rings (SSSR count). The molecule has 1 N–H and O–H groups in total. The van der Waals surface area contributed by atoms with Gasteiger partial charge in [-0.05, 0) is 27.6 Å². The van der Waals surface area contributed by atoms with Crippen molar-refractivity contribution in [1.29, 1.82) is 0 Å². The fourth-order valence-corrected chi connectivity index (χ4v) is 1.85. The van der Waals surface area contributed by atoms with Crippen molar-refractivity contribution in [2.45, 2.75) is 6.54 Å². The van der Waals surface area contributed by atoms with Crippen LogP contribution in [0.1, 0.15) is 5.56 Å². The van der Waals surface area contributed by atoms with Crippen LogP contribution in [-0.2, 0) is 11.3 Å². The number of aliphatic carboxylic acids is 1. The number of carbonyl (C=O) groups is 1. The zero-order valence-corrected chi connectivity index (χ0v) is 9.64. The molecule has 4 nitrogen and oxygen atoms in total. The first kappa shape index (κ1) is 10.6. The Morgan fingerprint density at radius 3 is 2.87 bits per heavy atom. The average Bonchev–Trinajstić information content (AvgIpc) is 2.13. The van der Waals surface area contributed by atoms with E-state index in [-0.39, 0.29) is 5.92 Å². The summed E-state index contributed by atoms with van der Waals surface area (Å²) >= 11 is 3.27. The molecule has 0 aliphatic carbocycles. The first-order valence-corrected chi connectivity index (χ1v) is 5.50. The smallest absolute Gasteiger partial charge is 0.309 e. The summed E-state index contributed by atoms with van der Waals surface area (Å²) in [5.74, 6) is -0.881. The number of pyridine rings is 1. The van der Waals surface area contributed by atoms with Crippen LogP contribution in [0.25, 0.3) is 0 Å². The van der Waals surface area contributed by atoms with Gasteiger partial charge in [-0.15, -0.1) is 0 Å². The molecule has 1 aromatic heterocycles. The molecule has 0 spiro atoms. The van der Waals surface area contributed by atoms with Gasteiger partial charge < -0.3 is 5.11 Å². The first-order chi connectivity index (χ1) is 7.15. The van der Waals surface area contributed by atoms with Gasteiger partial charge in [-0.25, -0.2) is 4.98 Å². The molecule has 0 saturated carbocycles. The van der Waals surface area contributed by atoms with Gasteiger partial charge in [0.15, 0.2) is 0 Å². The van der Waals surface area contributed by atoms with Crippen LogP contribution in [0.5, 0.6) is 0 Å². The molecule has 1 saturated heterocycles. The number of hydrogen-bond acceptors (Lipinski definition) is 3. The van der Waals surface area contributed by atoms with Crippen LogP contribution in [0.2, 0.25) is 0 Å². The maximum absolute atomic E-state index is 10.6. The van der Waals surface area contributed by atoms with Crippen molar-refractivity contribution in [1.82, 2.24) is 9.88 Å². The Kier molecular flexibility index (Phi) is 3.02. The Hall–Kier alpha value is -0.940. The molecular weight excluding hydrogens is 260 g/mol. The minimum absolute atomic E-state index is 0.187. The molecule has 1 aliphatic heterocycles. The SMILES string of the molecule is O=C(O)C1CN(Cc2ccc(Br)nc2)C1. The van der Waals surface area contributed by atoms with Crippen molar-refractivity contribution >= 4 is 21.9 Å². The molecule has 0 aromatic carbocycles. The molecule has 1 aliphatic rings. The standard InChI is InChI=1S/C10H11BrN2O2/c11-9-2-1-7(3-12-9)4-13-5-8(6-13)10(14)15/h1-3,8H,4-6H2,(H,14,15). The van der Waals surface area contributed by atoms with E-state index in [0.29, 0.717) is 13.1 Å². The van der Waals surface area contributed by atoms with Gasteiger partial charge in [0.25, 0.3) is 0 Å². The Morgan fingerprint density at radius 1 is 1.60 bits per heavy atom. The highest BCUT2D eigenvalue weighted by molar-refractivity contribution is 9.10. The van der Waals surface area contributed by atoms with E-state index in [2.05, 4.69) is 25.8 Å². The van der Waals surface area contributed by atoms with E-state index >= 15 is 0 Å². The lowest BCUT2D eigenvalue weighted by Gasteiger charge is -2.36. The molecule has 0 atom stereocenters. The lowest BCUT2D eigenvalue weighted by molar-refractivity contribution is -0.147. The highest BCUT2D eigenvalue weighted by atomic mass is 79.9. The largest absolute Gasteiger partial charge is 0.481 e. The van der Waals surface area contributed by atoms with Crippen LogP contribution in [-0.4, -0.2) is 34.0 Å². The van der Waals surface area contributed by atoms with E-state index in [4.69, 9.17) is 5.11 Å². The molecule has 15 heavy (non-hydrogen) atoms. The maximum atomic E-state index is 10.6. The Bertz CT molecular complexity index is 360. The van der Waals surface area contributed by atoms with E-state index < -0.39 is 5.97 Å². The topological polar surface area (TPSA) is 53.4 Å². The van der Waals surface area contributed by atoms with Crippen LogP contribution < -0.4 is 0 Å². The number of rotatable bonds is 3. The van der Waals surface area contributed by atoms with E-state index in [1.54, 1.807) is 6.20 Å². The molecule has 0 unspecified atom stereocenters. The van der Waals surface area contributed by atoms with Gasteiger partial charge in [-0.3, -0.25) is 9.69 Å². The number of likely N-dealkylation sites (tertiary alicyclic amines) is 1. The second kappa shape index (κ2) is 4.28. The predicted molar refractivity (Wildman–Crippen MR) is 58.3 cm³/mol. The van der Waals surface area contributed by atoms with Crippen molar-refractivity contribution < 1.29 is 9.90 Å². The van der Waals surface area contributed by atoms with Gasteiger partial charge in [0, 0.05) is 25.8 Å². The first-order valence-electron chi connectivity index (χ1n) is 4.71. The molecule has 1 aromatic rings. The second-order valence-corrected chi connectivity index (χ2v) is 4.53. The molecule has 5 heteroatoms. The number of nitrogens with zero attached hydrogens (tertiary/aromatic N) is 2. The Morgan fingerprint density at radius 2 is 2.33 bits per heavy atom. The minimum Gasteiger partial charge on any atom is -0.481 e. The summed E-state index contributed by atoms with van der Waals surface area (Å²) in [6.45, 7) is 2.07. The summed E-state index contributed by atoms with van der Waals surface area (Å²) in [6.07, 6.45) is 1.80. The second-order valence-electron chi connectivity index (χ2n) is 3.72. The zero-order chi connectivity index (χ0) is 10.8. The Labute approximate surface area is 96.1 Å². The van der Waals surface area contributed by atoms with Gasteiger partial charge in [0.1, 0.15) is 4.60 Å². The van der Waals surface area contributed by atoms with Gasteiger partial charge in [-0.2, -0.15) is 0 Å². The normalized spacial score (nSPS) is 17.4. The summed E-state index contributed by atoms with van der Waals surface area (Å²) in [5, 5.41) is 8.71. The van der Waals surface area contributed by atoms with Crippen molar-refractivity contribution in [3.8, 4) is 0 Å².